The van der Waals surface area contributed by atoms with Crippen molar-refractivity contribution in [1.82, 2.24) is 10.2 Å². The van der Waals surface area contributed by atoms with E-state index in [1.54, 1.807) is 11.8 Å². The Morgan fingerprint density at radius 1 is 1.38 bits per heavy atom. The fraction of sp³-hybridized carbons (Fsp3) is 0.412. The summed E-state index contributed by atoms with van der Waals surface area (Å²) in [5.74, 6) is 1.48. The molecule has 0 aliphatic carbocycles. The molecule has 0 saturated carbocycles. The maximum Gasteiger partial charge on any atom is 0.226 e. The van der Waals surface area contributed by atoms with E-state index < -0.39 is 0 Å². The summed E-state index contributed by atoms with van der Waals surface area (Å²) in [6.07, 6.45) is 1.24. The normalized spacial score (nSPS) is 21.7. The molecule has 3 heterocycles. The van der Waals surface area contributed by atoms with Crippen molar-refractivity contribution in [1.29, 1.82) is 0 Å². The number of thioether (sulfide) groups is 1. The Morgan fingerprint density at radius 3 is 3.17 bits per heavy atom. The van der Waals surface area contributed by atoms with Crippen molar-refractivity contribution >= 4 is 22.8 Å². The van der Waals surface area contributed by atoms with Gasteiger partial charge in [-0.1, -0.05) is 23.9 Å². The van der Waals surface area contributed by atoms with Crippen LogP contribution in [0.4, 0.5) is 0 Å². The summed E-state index contributed by atoms with van der Waals surface area (Å²) in [5, 5.41) is 5.99. The van der Waals surface area contributed by atoms with Gasteiger partial charge in [0.25, 0.3) is 0 Å². The number of hydrogen-bond acceptors (Lipinski definition) is 6. The average Bonchev–Trinajstić information content (AvgIpc) is 3.03. The van der Waals surface area contributed by atoms with E-state index in [2.05, 4.69) is 15.2 Å². The van der Waals surface area contributed by atoms with Crippen LogP contribution in [0.15, 0.2) is 40.4 Å². The fourth-order valence-electron chi connectivity index (χ4n) is 2.89. The molecule has 0 saturated heterocycles. The average molecular weight is 345 g/mol. The number of carbonyl (C=O) groups is 1. The van der Waals surface area contributed by atoms with E-state index in [1.165, 1.54) is 0 Å². The highest BCUT2D eigenvalue weighted by molar-refractivity contribution is 8.16. The molecule has 126 valence electrons. The SMILES string of the molecule is O=C(CC1=CSC2=NCCCN12)NC[C@H]1COc2ccccc2O1. The first kappa shape index (κ1) is 15.4. The molecule has 1 atom stereocenters. The number of amides is 1. The Morgan fingerprint density at radius 2 is 2.25 bits per heavy atom. The Kier molecular flexibility index (Phi) is 4.34. The van der Waals surface area contributed by atoms with Gasteiger partial charge in [0, 0.05) is 18.8 Å². The predicted molar refractivity (Wildman–Crippen MR) is 93.3 cm³/mol. The first-order chi connectivity index (χ1) is 11.8. The number of benzene rings is 1. The lowest BCUT2D eigenvalue weighted by Crippen LogP contribution is -2.41. The smallest absolute Gasteiger partial charge is 0.226 e. The summed E-state index contributed by atoms with van der Waals surface area (Å²) in [4.78, 5) is 18.9. The van der Waals surface area contributed by atoms with Crippen molar-refractivity contribution in [3.63, 3.8) is 0 Å². The molecule has 3 aliphatic heterocycles. The number of aliphatic imine (C=N–C) groups is 1. The minimum Gasteiger partial charge on any atom is -0.486 e. The molecule has 1 N–H and O–H groups in total. The molecule has 24 heavy (non-hydrogen) atoms. The number of amidine groups is 1. The summed E-state index contributed by atoms with van der Waals surface area (Å²) < 4.78 is 11.5. The Labute approximate surface area is 144 Å². The highest BCUT2D eigenvalue weighted by Crippen LogP contribution is 2.31. The van der Waals surface area contributed by atoms with Crippen LogP contribution in [0, 0.1) is 0 Å². The lowest BCUT2D eigenvalue weighted by Gasteiger charge is -2.27. The van der Waals surface area contributed by atoms with Gasteiger partial charge < -0.3 is 19.7 Å². The van der Waals surface area contributed by atoms with E-state index in [4.69, 9.17) is 9.47 Å². The zero-order chi connectivity index (χ0) is 16.4. The number of para-hydroxylation sites is 2. The molecule has 1 aromatic rings. The molecule has 4 rings (SSSR count). The molecule has 0 unspecified atom stereocenters. The van der Waals surface area contributed by atoms with Crippen molar-refractivity contribution in [2.24, 2.45) is 4.99 Å². The quantitative estimate of drug-likeness (QED) is 0.904. The van der Waals surface area contributed by atoms with Crippen molar-refractivity contribution in [3.8, 4) is 11.5 Å². The fourth-order valence-corrected chi connectivity index (χ4v) is 3.85. The van der Waals surface area contributed by atoms with Crippen LogP contribution in [-0.4, -0.2) is 48.3 Å². The van der Waals surface area contributed by atoms with Gasteiger partial charge in [-0.05, 0) is 24.0 Å². The van der Waals surface area contributed by atoms with Crippen LogP contribution in [0.1, 0.15) is 12.8 Å². The van der Waals surface area contributed by atoms with Gasteiger partial charge >= 0.3 is 0 Å². The minimum atomic E-state index is -0.164. The van der Waals surface area contributed by atoms with Gasteiger partial charge in [0.1, 0.15) is 12.7 Å². The molecule has 0 spiro atoms. The zero-order valence-electron chi connectivity index (χ0n) is 13.2. The molecule has 7 heteroatoms. The van der Waals surface area contributed by atoms with Crippen LogP contribution in [0.25, 0.3) is 0 Å². The first-order valence-corrected chi connectivity index (χ1v) is 9.00. The number of rotatable bonds is 4. The number of ether oxygens (including phenoxy) is 2. The van der Waals surface area contributed by atoms with Crippen molar-refractivity contribution < 1.29 is 14.3 Å². The monoisotopic (exact) mass is 345 g/mol. The van der Waals surface area contributed by atoms with Gasteiger partial charge in [0.2, 0.25) is 5.91 Å². The van der Waals surface area contributed by atoms with Crippen LogP contribution >= 0.6 is 11.8 Å². The van der Waals surface area contributed by atoms with Gasteiger partial charge in [0.15, 0.2) is 16.7 Å². The Bertz CT molecular complexity index is 704. The highest BCUT2D eigenvalue weighted by atomic mass is 32.2. The van der Waals surface area contributed by atoms with Crippen molar-refractivity contribution in [2.75, 3.05) is 26.2 Å². The topological polar surface area (TPSA) is 63.2 Å². The second-order valence-corrected chi connectivity index (χ2v) is 6.71. The molecule has 3 aliphatic rings. The van der Waals surface area contributed by atoms with Crippen LogP contribution in [-0.2, 0) is 4.79 Å². The standard InChI is InChI=1S/C17H19N3O3S/c21-16(8-12-11-24-17-18-6-3-7-20(12)17)19-9-13-10-22-14-4-1-2-5-15(14)23-13/h1-2,4-5,11,13H,3,6-10H2,(H,19,21)/t13-/m0/s1. The van der Waals surface area contributed by atoms with Crippen molar-refractivity contribution in [3.05, 3.63) is 35.4 Å². The molecule has 0 radical (unpaired) electrons. The van der Waals surface area contributed by atoms with E-state index in [0.717, 1.165) is 41.9 Å². The lowest BCUT2D eigenvalue weighted by atomic mass is 10.2. The van der Waals surface area contributed by atoms with E-state index in [-0.39, 0.29) is 12.0 Å². The van der Waals surface area contributed by atoms with Gasteiger partial charge in [-0.3, -0.25) is 9.79 Å². The van der Waals surface area contributed by atoms with Crippen LogP contribution < -0.4 is 14.8 Å². The first-order valence-electron chi connectivity index (χ1n) is 8.12. The molecular weight excluding hydrogens is 326 g/mol. The molecule has 1 amide bonds. The second-order valence-electron chi connectivity index (χ2n) is 5.87. The van der Waals surface area contributed by atoms with Gasteiger partial charge in [-0.15, -0.1) is 0 Å². The number of hydrogen-bond donors (Lipinski definition) is 1. The molecule has 6 nitrogen and oxygen atoms in total. The second kappa shape index (κ2) is 6.76. The lowest BCUT2D eigenvalue weighted by molar-refractivity contribution is -0.121. The largest absolute Gasteiger partial charge is 0.486 e. The summed E-state index contributed by atoms with van der Waals surface area (Å²) in [7, 11) is 0. The molecule has 0 bridgehead atoms. The molecule has 0 aromatic heterocycles. The zero-order valence-corrected chi connectivity index (χ0v) is 14.1. The Balaban J connectivity index is 1.27. The van der Waals surface area contributed by atoms with Gasteiger partial charge in [-0.2, -0.15) is 0 Å². The number of fused-ring (bicyclic) bond motifs is 2. The number of carbonyl (C=O) groups excluding carboxylic acids is 1. The third-order valence-corrected chi connectivity index (χ3v) is 5.05. The van der Waals surface area contributed by atoms with E-state index in [1.807, 2.05) is 29.7 Å². The number of nitrogens with one attached hydrogen (secondary N) is 1. The maximum absolute atomic E-state index is 12.2. The van der Waals surface area contributed by atoms with E-state index in [9.17, 15) is 4.79 Å². The summed E-state index contributed by atoms with van der Waals surface area (Å²) in [6, 6.07) is 7.58. The van der Waals surface area contributed by atoms with E-state index >= 15 is 0 Å². The maximum atomic E-state index is 12.2. The Hall–Kier alpha value is -2.15. The third-order valence-electron chi connectivity index (χ3n) is 4.10. The highest BCUT2D eigenvalue weighted by Gasteiger charge is 2.27. The predicted octanol–water partition coefficient (Wildman–Crippen LogP) is 1.98. The molecule has 1 aromatic carbocycles. The van der Waals surface area contributed by atoms with E-state index in [0.29, 0.717) is 19.6 Å². The minimum absolute atomic E-state index is 0.00358. The van der Waals surface area contributed by atoms with Crippen LogP contribution in [0.5, 0.6) is 11.5 Å². The van der Waals surface area contributed by atoms with Crippen LogP contribution in [0.3, 0.4) is 0 Å². The summed E-state index contributed by atoms with van der Waals surface area (Å²) in [5.41, 5.74) is 1.03. The summed E-state index contributed by atoms with van der Waals surface area (Å²) >= 11 is 1.60. The van der Waals surface area contributed by atoms with Crippen molar-refractivity contribution in [2.45, 2.75) is 18.9 Å². The number of nitrogens with zero attached hydrogens (tertiary/aromatic N) is 2. The third kappa shape index (κ3) is 3.21. The molecule has 0 fully saturated rings. The molecular formula is C17H19N3O3S. The summed E-state index contributed by atoms with van der Waals surface area (Å²) in [6.45, 7) is 2.71. The van der Waals surface area contributed by atoms with Gasteiger partial charge in [0.05, 0.1) is 13.0 Å². The van der Waals surface area contributed by atoms with Gasteiger partial charge in [-0.25, -0.2) is 0 Å². The van der Waals surface area contributed by atoms with Crippen LogP contribution in [0.2, 0.25) is 0 Å².